The summed E-state index contributed by atoms with van der Waals surface area (Å²) in [6, 6.07) is 22.0. The molecule has 0 aromatic heterocycles. The second-order valence-corrected chi connectivity index (χ2v) is 11.2. The molecule has 0 aliphatic carbocycles. The summed E-state index contributed by atoms with van der Waals surface area (Å²) in [4.78, 5) is 0. The topological polar surface area (TPSA) is 12.0 Å². The van der Waals surface area contributed by atoms with Gasteiger partial charge in [-0.25, -0.2) is 0 Å². The Bertz CT molecular complexity index is 571. The van der Waals surface area contributed by atoms with Crippen LogP contribution in [0.15, 0.2) is 60.7 Å². The number of benzene rings is 2. The lowest BCUT2D eigenvalue weighted by atomic mass is 10.1. The van der Waals surface area contributed by atoms with Crippen LogP contribution in [0.4, 0.5) is 0 Å². The van der Waals surface area contributed by atoms with E-state index in [2.05, 4.69) is 99.9 Å². The first-order chi connectivity index (χ1) is 11.3. The third-order valence-corrected chi connectivity index (χ3v) is 8.43. The van der Waals surface area contributed by atoms with Crippen molar-refractivity contribution in [1.82, 2.24) is 5.32 Å². The van der Waals surface area contributed by atoms with Crippen molar-refractivity contribution in [2.75, 3.05) is 19.0 Å². The Labute approximate surface area is 153 Å². The molecule has 0 fully saturated rings. The molecule has 2 rings (SSSR count). The molecule has 0 aliphatic heterocycles. The Morgan fingerprint density at radius 3 is 1.71 bits per heavy atom. The molecule has 0 radical (unpaired) electrons. The molecule has 2 aromatic rings. The second-order valence-electron chi connectivity index (χ2n) is 7.46. The maximum Gasteiger partial charge on any atom is 0.0225 e. The molecule has 1 N–H and O–H groups in total. The normalized spacial score (nSPS) is 12.6. The highest BCUT2D eigenvalue weighted by atomic mass is 32.2. The van der Waals surface area contributed by atoms with Gasteiger partial charge in [-0.15, -0.1) is 0 Å². The third kappa shape index (κ3) is 5.92. The van der Waals surface area contributed by atoms with E-state index < -0.39 is 0 Å². The van der Waals surface area contributed by atoms with Crippen LogP contribution in [0.1, 0.15) is 27.7 Å². The summed E-state index contributed by atoms with van der Waals surface area (Å²) < 4.78 is 0.263. The summed E-state index contributed by atoms with van der Waals surface area (Å²) in [6.07, 6.45) is 3.33. The zero-order chi connectivity index (χ0) is 17.6. The van der Waals surface area contributed by atoms with E-state index >= 15 is 0 Å². The molecular weight excluding hydrogens is 329 g/mol. The smallest absolute Gasteiger partial charge is 0.0225 e. The average Bonchev–Trinajstić information content (AvgIpc) is 2.60. The predicted molar refractivity (Wildman–Crippen MR) is 114 cm³/mol. The second kappa shape index (κ2) is 8.52. The Balaban J connectivity index is 2.19. The first-order valence-corrected chi connectivity index (χ1v) is 11.3. The summed E-state index contributed by atoms with van der Waals surface area (Å²) in [5.74, 6) is 0. The number of rotatable bonds is 8. The highest BCUT2D eigenvalue weighted by Gasteiger charge is 2.27. The molecule has 24 heavy (non-hydrogen) atoms. The molecule has 2 aromatic carbocycles. The van der Waals surface area contributed by atoms with Crippen molar-refractivity contribution in [3.05, 3.63) is 60.7 Å². The van der Waals surface area contributed by atoms with Gasteiger partial charge in [0.15, 0.2) is 0 Å². The lowest BCUT2D eigenvalue weighted by Gasteiger charge is -2.35. The van der Waals surface area contributed by atoms with Crippen LogP contribution < -0.4 is 15.9 Å². The standard InChI is InChI=1S/C21H30NPS/c1-20(2,22-16-21(3,4)24-5)17-23(18-12-8-6-9-13-18)19-14-10-7-11-15-19/h6-15,22H,16-17H2,1-5H3. The van der Waals surface area contributed by atoms with E-state index in [1.165, 1.54) is 10.6 Å². The predicted octanol–water partition coefficient (Wildman–Crippen LogP) is 4.63. The van der Waals surface area contributed by atoms with Crippen LogP contribution in [-0.2, 0) is 0 Å². The summed E-state index contributed by atoms with van der Waals surface area (Å²) in [5, 5.41) is 6.73. The Kier molecular flexibility index (Phi) is 6.92. The van der Waals surface area contributed by atoms with Crippen LogP contribution in [0.3, 0.4) is 0 Å². The van der Waals surface area contributed by atoms with Gasteiger partial charge in [0.25, 0.3) is 0 Å². The number of hydrogen-bond donors (Lipinski definition) is 1. The fourth-order valence-electron chi connectivity index (χ4n) is 2.52. The van der Waals surface area contributed by atoms with E-state index in [1.807, 2.05) is 11.8 Å². The molecule has 0 bridgehead atoms. The van der Waals surface area contributed by atoms with Gasteiger partial charge in [-0.1, -0.05) is 60.7 Å². The first kappa shape index (κ1) is 19.5. The van der Waals surface area contributed by atoms with Crippen molar-refractivity contribution in [2.45, 2.75) is 38.0 Å². The number of hydrogen-bond acceptors (Lipinski definition) is 2. The molecule has 0 atom stereocenters. The van der Waals surface area contributed by atoms with Crippen molar-refractivity contribution >= 4 is 30.3 Å². The lowest BCUT2D eigenvalue weighted by molar-refractivity contribution is 0.412. The molecule has 0 heterocycles. The molecule has 130 valence electrons. The van der Waals surface area contributed by atoms with E-state index in [4.69, 9.17) is 0 Å². The molecule has 0 saturated carbocycles. The van der Waals surface area contributed by atoms with Crippen LogP contribution in [0.5, 0.6) is 0 Å². The quantitative estimate of drug-likeness (QED) is 0.690. The van der Waals surface area contributed by atoms with Gasteiger partial charge >= 0.3 is 0 Å². The van der Waals surface area contributed by atoms with Crippen LogP contribution in [0.25, 0.3) is 0 Å². The zero-order valence-electron chi connectivity index (χ0n) is 15.5. The maximum atomic E-state index is 3.82. The minimum Gasteiger partial charge on any atom is -0.310 e. The van der Waals surface area contributed by atoms with Crippen molar-refractivity contribution < 1.29 is 0 Å². The molecule has 0 saturated heterocycles. The van der Waals surface area contributed by atoms with Crippen molar-refractivity contribution in [1.29, 1.82) is 0 Å². The molecule has 0 amide bonds. The van der Waals surface area contributed by atoms with E-state index in [1.54, 1.807) is 0 Å². The van der Waals surface area contributed by atoms with Crippen LogP contribution in [0.2, 0.25) is 0 Å². The van der Waals surface area contributed by atoms with Gasteiger partial charge in [0.2, 0.25) is 0 Å². The van der Waals surface area contributed by atoms with Gasteiger partial charge < -0.3 is 5.32 Å². The van der Waals surface area contributed by atoms with Gasteiger partial charge in [-0.05, 0) is 58.6 Å². The SMILES string of the molecule is CSC(C)(C)CNC(C)(C)CP(c1ccccc1)c1ccccc1. The fourth-order valence-corrected chi connectivity index (χ4v) is 5.37. The van der Waals surface area contributed by atoms with E-state index in [-0.39, 0.29) is 18.2 Å². The molecule has 1 nitrogen and oxygen atoms in total. The van der Waals surface area contributed by atoms with Crippen LogP contribution in [0, 0.1) is 0 Å². The number of nitrogens with one attached hydrogen (secondary N) is 1. The number of thioether (sulfide) groups is 1. The maximum absolute atomic E-state index is 3.82. The first-order valence-electron chi connectivity index (χ1n) is 8.51. The molecule has 0 aliphatic rings. The average molecular weight is 360 g/mol. The van der Waals surface area contributed by atoms with E-state index in [9.17, 15) is 0 Å². The molecule has 0 unspecified atom stereocenters. The monoisotopic (exact) mass is 359 g/mol. The molecule has 3 heteroatoms. The van der Waals surface area contributed by atoms with Crippen LogP contribution in [-0.4, -0.2) is 29.2 Å². The van der Waals surface area contributed by atoms with E-state index in [0.717, 1.165) is 12.7 Å². The van der Waals surface area contributed by atoms with Crippen molar-refractivity contribution in [3.63, 3.8) is 0 Å². The summed E-state index contributed by atoms with van der Waals surface area (Å²) >= 11 is 1.92. The van der Waals surface area contributed by atoms with Crippen LogP contribution >= 0.6 is 19.7 Å². The zero-order valence-corrected chi connectivity index (χ0v) is 17.3. The summed E-state index contributed by atoms with van der Waals surface area (Å²) in [6.45, 7) is 10.3. The minimum absolute atomic E-state index is 0.102. The molecular formula is C21H30NPS. The van der Waals surface area contributed by atoms with E-state index in [0.29, 0.717) is 0 Å². The molecule has 0 spiro atoms. The summed E-state index contributed by atoms with van der Waals surface area (Å²) in [5.41, 5.74) is 0.102. The van der Waals surface area contributed by atoms with Crippen molar-refractivity contribution in [2.24, 2.45) is 0 Å². The largest absolute Gasteiger partial charge is 0.310 e. The Morgan fingerprint density at radius 1 is 0.833 bits per heavy atom. The fraction of sp³-hybridized carbons (Fsp3) is 0.429. The van der Waals surface area contributed by atoms with Crippen molar-refractivity contribution in [3.8, 4) is 0 Å². The van der Waals surface area contributed by atoms with Gasteiger partial charge in [-0.3, -0.25) is 0 Å². The summed E-state index contributed by atoms with van der Waals surface area (Å²) in [7, 11) is -0.360. The van der Waals surface area contributed by atoms with Gasteiger partial charge in [0.1, 0.15) is 0 Å². The van der Waals surface area contributed by atoms with Gasteiger partial charge in [-0.2, -0.15) is 11.8 Å². The lowest BCUT2D eigenvalue weighted by Crippen LogP contribution is -2.48. The van der Waals surface area contributed by atoms with Gasteiger partial charge in [0.05, 0.1) is 0 Å². The third-order valence-electron chi connectivity index (χ3n) is 4.23. The van der Waals surface area contributed by atoms with Gasteiger partial charge in [0, 0.05) is 16.8 Å². The highest BCUT2D eigenvalue weighted by Crippen LogP contribution is 2.37. The Morgan fingerprint density at radius 2 is 1.29 bits per heavy atom. The Hall–Kier alpha value is -0.820. The minimum atomic E-state index is -0.360. The highest BCUT2D eigenvalue weighted by molar-refractivity contribution is 7.99.